The fourth-order valence-electron chi connectivity index (χ4n) is 2.93. The van der Waals surface area contributed by atoms with Gasteiger partial charge < -0.3 is 9.64 Å². The van der Waals surface area contributed by atoms with Gasteiger partial charge in [0.15, 0.2) is 0 Å². The summed E-state index contributed by atoms with van der Waals surface area (Å²) >= 11 is 1.50. The Morgan fingerprint density at radius 2 is 2.07 bits per heavy atom. The second-order valence-electron chi connectivity index (χ2n) is 5.96. The van der Waals surface area contributed by atoms with Crippen molar-refractivity contribution < 1.29 is 9.66 Å². The molecule has 0 atom stereocenters. The van der Waals surface area contributed by atoms with E-state index in [-0.39, 0.29) is 5.69 Å². The molecule has 1 aliphatic rings. The highest BCUT2D eigenvalue weighted by atomic mass is 32.1. The number of benzene rings is 2. The topological polar surface area (TPSA) is 92.9 Å². The van der Waals surface area contributed by atoms with Crippen LogP contribution in [0.1, 0.15) is 5.56 Å². The normalized spacial score (nSPS) is 14.7. The zero-order chi connectivity index (χ0) is 18.6. The summed E-state index contributed by atoms with van der Waals surface area (Å²) in [5.74, 6) is 0. The first-order chi connectivity index (χ1) is 13.2. The third-order valence-corrected chi connectivity index (χ3v) is 5.17. The minimum absolute atomic E-state index is 0.0356. The van der Waals surface area contributed by atoms with E-state index in [1.54, 1.807) is 12.3 Å². The number of anilines is 2. The molecule has 0 amide bonds. The number of non-ortho nitro benzene ring substituents is 1. The quantitative estimate of drug-likeness (QED) is 0.412. The maximum atomic E-state index is 11.1. The number of thiazole rings is 1. The first-order valence-corrected chi connectivity index (χ1v) is 9.28. The van der Waals surface area contributed by atoms with Gasteiger partial charge in [-0.05, 0) is 18.2 Å². The van der Waals surface area contributed by atoms with E-state index in [1.165, 1.54) is 23.5 Å². The van der Waals surface area contributed by atoms with Crippen LogP contribution in [-0.4, -0.2) is 42.4 Å². The monoisotopic (exact) mass is 383 g/mol. The molecule has 0 aliphatic carbocycles. The van der Waals surface area contributed by atoms with Gasteiger partial charge in [-0.3, -0.25) is 15.5 Å². The zero-order valence-electron chi connectivity index (χ0n) is 14.4. The summed E-state index contributed by atoms with van der Waals surface area (Å²) in [6.07, 6.45) is 1.60. The lowest BCUT2D eigenvalue weighted by atomic mass is 10.1. The summed E-state index contributed by atoms with van der Waals surface area (Å²) < 4.78 is 6.46. The molecule has 0 bridgehead atoms. The molecule has 0 radical (unpaired) electrons. The van der Waals surface area contributed by atoms with Gasteiger partial charge in [0.25, 0.3) is 5.69 Å². The number of nitrogens with one attached hydrogen (secondary N) is 1. The fourth-order valence-corrected chi connectivity index (χ4v) is 3.74. The van der Waals surface area contributed by atoms with Crippen molar-refractivity contribution in [2.45, 2.75) is 0 Å². The van der Waals surface area contributed by atoms with Crippen molar-refractivity contribution in [1.82, 2.24) is 4.98 Å². The minimum atomic E-state index is -0.401. The van der Waals surface area contributed by atoms with E-state index >= 15 is 0 Å². The Labute approximate surface area is 159 Å². The van der Waals surface area contributed by atoms with Gasteiger partial charge in [0.2, 0.25) is 5.13 Å². The Kier molecular flexibility index (Phi) is 4.95. The SMILES string of the molecule is O=[N+]([O-])c1ccc(N2CCOCC2)c(/C=N\Nc2nc3ccccc3s2)c1. The van der Waals surface area contributed by atoms with Crippen molar-refractivity contribution in [3.05, 3.63) is 58.1 Å². The molecule has 2 aromatic carbocycles. The van der Waals surface area contributed by atoms with E-state index in [1.807, 2.05) is 24.3 Å². The molecule has 3 aromatic rings. The lowest BCUT2D eigenvalue weighted by molar-refractivity contribution is -0.384. The van der Waals surface area contributed by atoms with Crippen molar-refractivity contribution in [2.75, 3.05) is 36.6 Å². The molecule has 9 heteroatoms. The third-order valence-electron chi connectivity index (χ3n) is 4.23. The van der Waals surface area contributed by atoms with Gasteiger partial charge in [-0.25, -0.2) is 4.98 Å². The van der Waals surface area contributed by atoms with Crippen LogP contribution in [0.15, 0.2) is 47.6 Å². The number of ether oxygens (including phenoxy) is 1. The fraction of sp³-hybridized carbons (Fsp3) is 0.222. The number of hydrogen-bond acceptors (Lipinski definition) is 8. The van der Waals surface area contributed by atoms with E-state index in [4.69, 9.17) is 4.74 Å². The highest BCUT2D eigenvalue weighted by molar-refractivity contribution is 7.22. The van der Waals surface area contributed by atoms with Gasteiger partial charge in [0.1, 0.15) is 0 Å². The molecule has 0 saturated carbocycles. The minimum Gasteiger partial charge on any atom is -0.378 e. The second-order valence-corrected chi connectivity index (χ2v) is 6.99. The smallest absolute Gasteiger partial charge is 0.270 e. The molecule has 2 heterocycles. The van der Waals surface area contributed by atoms with Gasteiger partial charge in [0.05, 0.1) is 34.6 Å². The largest absolute Gasteiger partial charge is 0.378 e. The Morgan fingerprint density at radius 1 is 1.26 bits per heavy atom. The molecule has 1 N–H and O–H groups in total. The molecule has 8 nitrogen and oxygen atoms in total. The maximum absolute atomic E-state index is 11.1. The highest BCUT2D eigenvalue weighted by Gasteiger charge is 2.17. The van der Waals surface area contributed by atoms with Crippen molar-refractivity contribution in [3.63, 3.8) is 0 Å². The number of fused-ring (bicyclic) bond motifs is 1. The zero-order valence-corrected chi connectivity index (χ0v) is 15.2. The molecule has 4 rings (SSSR count). The first kappa shape index (κ1) is 17.4. The van der Waals surface area contributed by atoms with Crippen LogP contribution in [0.5, 0.6) is 0 Å². The van der Waals surface area contributed by atoms with Crippen LogP contribution in [0.25, 0.3) is 10.2 Å². The summed E-state index contributed by atoms with van der Waals surface area (Å²) in [7, 11) is 0. The average Bonchev–Trinajstić information content (AvgIpc) is 3.11. The molecule has 27 heavy (non-hydrogen) atoms. The number of nitrogens with zero attached hydrogens (tertiary/aromatic N) is 4. The molecular formula is C18H17N5O3S. The second kappa shape index (κ2) is 7.68. The van der Waals surface area contributed by atoms with Crippen LogP contribution in [0.2, 0.25) is 0 Å². The van der Waals surface area contributed by atoms with E-state index in [0.717, 1.165) is 29.0 Å². The average molecular weight is 383 g/mol. The third kappa shape index (κ3) is 3.88. The van der Waals surface area contributed by atoms with Crippen LogP contribution in [0.3, 0.4) is 0 Å². The molecule has 138 valence electrons. The summed E-state index contributed by atoms with van der Waals surface area (Å²) in [4.78, 5) is 17.3. The molecule has 1 saturated heterocycles. The Hall–Kier alpha value is -3.04. The lowest BCUT2D eigenvalue weighted by Gasteiger charge is -2.29. The van der Waals surface area contributed by atoms with Crippen molar-refractivity contribution in [2.24, 2.45) is 5.10 Å². The number of nitro groups is 1. The summed E-state index contributed by atoms with van der Waals surface area (Å²) in [6.45, 7) is 2.75. The van der Waals surface area contributed by atoms with Gasteiger partial charge in [0, 0.05) is 36.5 Å². The molecule has 0 unspecified atom stereocenters. The first-order valence-electron chi connectivity index (χ1n) is 8.46. The molecule has 1 fully saturated rings. The van der Waals surface area contributed by atoms with E-state index < -0.39 is 4.92 Å². The number of hydrazone groups is 1. The van der Waals surface area contributed by atoms with Gasteiger partial charge >= 0.3 is 0 Å². The van der Waals surface area contributed by atoms with E-state index in [0.29, 0.717) is 23.9 Å². The predicted octanol–water partition coefficient (Wildman–Crippen LogP) is 3.49. The van der Waals surface area contributed by atoms with E-state index in [2.05, 4.69) is 20.4 Å². The van der Waals surface area contributed by atoms with Gasteiger partial charge in [-0.2, -0.15) is 5.10 Å². The lowest BCUT2D eigenvalue weighted by Crippen LogP contribution is -2.36. The maximum Gasteiger partial charge on any atom is 0.270 e. The Morgan fingerprint density at radius 3 is 2.85 bits per heavy atom. The van der Waals surface area contributed by atoms with Gasteiger partial charge in [-0.15, -0.1) is 0 Å². The Balaban J connectivity index is 1.59. The van der Waals surface area contributed by atoms with Crippen molar-refractivity contribution >= 4 is 44.3 Å². The number of nitro benzene ring substituents is 1. The van der Waals surface area contributed by atoms with Crippen molar-refractivity contribution in [1.29, 1.82) is 0 Å². The van der Waals surface area contributed by atoms with Crippen LogP contribution in [-0.2, 0) is 4.74 Å². The molecule has 0 spiro atoms. The van der Waals surface area contributed by atoms with Gasteiger partial charge in [-0.1, -0.05) is 23.5 Å². The summed E-state index contributed by atoms with van der Waals surface area (Å²) in [5.41, 5.74) is 5.45. The predicted molar refractivity (Wildman–Crippen MR) is 107 cm³/mol. The van der Waals surface area contributed by atoms with Crippen LogP contribution in [0, 0.1) is 10.1 Å². The van der Waals surface area contributed by atoms with Crippen LogP contribution < -0.4 is 10.3 Å². The molecule has 1 aromatic heterocycles. The highest BCUT2D eigenvalue weighted by Crippen LogP contribution is 2.27. The standard InChI is InChI=1S/C18H17N5O3S/c24-23(25)14-5-6-16(22-7-9-26-10-8-22)13(11-14)12-19-21-18-20-15-3-1-2-4-17(15)27-18/h1-6,11-12H,7-10H2,(H,20,21)/b19-12-. The van der Waals surface area contributed by atoms with Crippen LogP contribution in [0.4, 0.5) is 16.5 Å². The number of para-hydroxylation sites is 1. The van der Waals surface area contributed by atoms with Crippen LogP contribution >= 0.6 is 11.3 Å². The number of rotatable bonds is 5. The Bertz CT molecular complexity index is 965. The molecular weight excluding hydrogens is 366 g/mol. The van der Waals surface area contributed by atoms with Crippen molar-refractivity contribution in [3.8, 4) is 0 Å². The summed E-state index contributed by atoms with van der Waals surface area (Å²) in [6, 6.07) is 12.7. The number of aromatic nitrogens is 1. The summed E-state index contributed by atoms with van der Waals surface area (Å²) in [5, 5.41) is 16.1. The number of morpholine rings is 1. The molecule has 1 aliphatic heterocycles. The van der Waals surface area contributed by atoms with E-state index in [9.17, 15) is 10.1 Å². The number of hydrogen-bond donors (Lipinski definition) is 1.